The number of amides is 1. The highest BCUT2D eigenvalue weighted by Gasteiger charge is 2.05. The number of carbonyl (C=O) groups excluding carboxylic acids is 1. The molecule has 1 amide bonds. The Morgan fingerprint density at radius 3 is 2.74 bits per heavy atom. The van der Waals surface area contributed by atoms with Gasteiger partial charge in [-0.1, -0.05) is 24.3 Å². The van der Waals surface area contributed by atoms with E-state index in [0.717, 1.165) is 28.0 Å². The van der Waals surface area contributed by atoms with Gasteiger partial charge in [0.1, 0.15) is 5.75 Å². The standard InChI is InChI=1S/C19H21NO3/c1-13-7-8-15(12-21)10-18(13)20-19(22)9-14(2)16-5-4-6-17(11-16)23-3/h4-11,21H,12H2,1-3H3,(H,20,22)/b14-9+. The van der Waals surface area contributed by atoms with Gasteiger partial charge in [0.2, 0.25) is 5.91 Å². The number of rotatable bonds is 5. The van der Waals surface area contributed by atoms with E-state index in [9.17, 15) is 9.90 Å². The first kappa shape index (κ1) is 16.8. The van der Waals surface area contributed by atoms with Gasteiger partial charge >= 0.3 is 0 Å². The number of hydrogen-bond donors (Lipinski definition) is 2. The number of hydrogen-bond acceptors (Lipinski definition) is 3. The molecule has 4 heteroatoms. The Bertz CT molecular complexity index is 735. The van der Waals surface area contributed by atoms with E-state index in [4.69, 9.17) is 4.74 Å². The number of methoxy groups -OCH3 is 1. The molecule has 120 valence electrons. The summed E-state index contributed by atoms with van der Waals surface area (Å²) < 4.78 is 5.20. The summed E-state index contributed by atoms with van der Waals surface area (Å²) in [5, 5.41) is 12.1. The molecule has 0 atom stereocenters. The fourth-order valence-electron chi connectivity index (χ4n) is 2.22. The molecule has 0 aliphatic heterocycles. The van der Waals surface area contributed by atoms with E-state index in [1.807, 2.05) is 50.2 Å². The van der Waals surface area contributed by atoms with Gasteiger partial charge in [-0.2, -0.15) is 0 Å². The maximum Gasteiger partial charge on any atom is 0.248 e. The number of aryl methyl sites for hydroxylation is 1. The van der Waals surface area contributed by atoms with Crippen LogP contribution in [0.5, 0.6) is 5.75 Å². The third kappa shape index (κ3) is 4.44. The molecule has 2 aromatic carbocycles. The molecule has 0 aromatic heterocycles. The Kier molecular flexibility index (Phi) is 5.55. The molecule has 0 spiro atoms. The minimum absolute atomic E-state index is 0.0537. The highest BCUT2D eigenvalue weighted by atomic mass is 16.5. The Morgan fingerprint density at radius 2 is 2.04 bits per heavy atom. The Hall–Kier alpha value is -2.59. The summed E-state index contributed by atoms with van der Waals surface area (Å²) in [4.78, 5) is 12.2. The van der Waals surface area contributed by atoms with Crippen LogP contribution in [0.4, 0.5) is 5.69 Å². The van der Waals surface area contributed by atoms with Crippen molar-refractivity contribution in [1.82, 2.24) is 0 Å². The summed E-state index contributed by atoms with van der Waals surface area (Å²) >= 11 is 0. The first-order valence-corrected chi connectivity index (χ1v) is 7.37. The molecule has 0 aliphatic rings. The number of benzene rings is 2. The fraction of sp³-hybridized carbons (Fsp3) is 0.211. The van der Waals surface area contributed by atoms with Crippen molar-refractivity contribution in [2.45, 2.75) is 20.5 Å². The maximum absolute atomic E-state index is 12.2. The zero-order valence-electron chi connectivity index (χ0n) is 13.6. The molecule has 0 aliphatic carbocycles. The SMILES string of the molecule is COc1cccc(/C(C)=C/C(=O)Nc2cc(CO)ccc2C)c1. The van der Waals surface area contributed by atoms with Crippen molar-refractivity contribution in [2.75, 3.05) is 12.4 Å². The van der Waals surface area contributed by atoms with Crippen molar-refractivity contribution in [1.29, 1.82) is 0 Å². The summed E-state index contributed by atoms with van der Waals surface area (Å²) in [5.41, 5.74) is 4.19. The molecule has 0 unspecified atom stereocenters. The largest absolute Gasteiger partial charge is 0.497 e. The first-order valence-electron chi connectivity index (χ1n) is 7.37. The Balaban J connectivity index is 2.17. The van der Waals surface area contributed by atoms with Crippen molar-refractivity contribution in [3.05, 3.63) is 65.2 Å². The molecule has 2 aromatic rings. The van der Waals surface area contributed by atoms with E-state index in [1.165, 1.54) is 0 Å². The van der Waals surface area contributed by atoms with Gasteiger partial charge in [0.15, 0.2) is 0 Å². The third-order valence-electron chi connectivity index (χ3n) is 3.62. The van der Waals surface area contributed by atoms with Gasteiger partial charge in [0.05, 0.1) is 13.7 Å². The highest BCUT2D eigenvalue weighted by Crippen LogP contribution is 2.21. The van der Waals surface area contributed by atoms with Crippen LogP contribution in [-0.4, -0.2) is 18.1 Å². The minimum Gasteiger partial charge on any atom is -0.497 e. The molecule has 0 radical (unpaired) electrons. The van der Waals surface area contributed by atoms with E-state index >= 15 is 0 Å². The van der Waals surface area contributed by atoms with E-state index in [0.29, 0.717) is 5.69 Å². The van der Waals surface area contributed by atoms with Crippen molar-refractivity contribution in [3.63, 3.8) is 0 Å². The van der Waals surface area contributed by atoms with Gasteiger partial charge in [-0.15, -0.1) is 0 Å². The monoisotopic (exact) mass is 311 g/mol. The smallest absolute Gasteiger partial charge is 0.248 e. The van der Waals surface area contributed by atoms with Gasteiger partial charge in [0, 0.05) is 11.8 Å². The Labute approximate surface area is 136 Å². The highest BCUT2D eigenvalue weighted by molar-refractivity contribution is 6.04. The number of allylic oxidation sites excluding steroid dienone is 1. The van der Waals surface area contributed by atoms with Crippen LogP contribution >= 0.6 is 0 Å². The van der Waals surface area contributed by atoms with Crippen LogP contribution in [0.25, 0.3) is 5.57 Å². The summed E-state index contributed by atoms with van der Waals surface area (Å²) in [7, 11) is 1.61. The first-order chi connectivity index (χ1) is 11.0. The van der Waals surface area contributed by atoms with E-state index in [1.54, 1.807) is 19.3 Å². The number of anilines is 1. The average molecular weight is 311 g/mol. The second-order valence-electron chi connectivity index (χ2n) is 5.36. The summed E-state index contributed by atoms with van der Waals surface area (Å²) in [6, 6.07) is 13.1. The van der Waals surface area contributed by atoms with Crippen LogP contribution < -0.4 is 10.1 Å². The normalized spacial score (nSPS) is 11.2. The number of ether oxygens (including phenoxy) is 1. The van der Waals surface area contributed by atoms with Crippen molar-refractivity contribution in [2.24, 2.45) is 0 Å². The molecule has 23 heavy (non-hydrogen) atoms. The van der Waals surface area contributed by atoms with Gasteiger partial charge in [0.25, 0.3) is 0 Å². The molecule has 0 bridgehead atoms. The quantitative estimate of drug-likeness (QED) is 0.830. The molecule has 2 rings (SSSR count). The third-order valence-corrected chi connectivity index (χ3v) is 3.62. The number of carbonyl (C=O) groups is 1. The van der Waals surface area contributed by atoms with Gasteiger partial charge in [-0.3, -0.25) is 4.79 Å². The molecule has 4 nitrogen and oxygen atoms in total. The average Bonchev–Trinajstić information content (AvgIpc) is 2.56. The fourth-order valence-corrected chi connectivity index (χ4v) is 2.22. The molecule has 0 heterocycles. The number of aliphatic hydroxyl groups is 1. The molecule has 0 saturated carbocycles. The summed E-state index contributed by atoms with van der Waals surface area (Å²) in [5.74, 6) is 0.547. The maximum atomic E-state index is 12.2. The second-order valence-corrected chi connectivity index (χ2v) is 5.36. The van der Waals surface area contributed by atoms with Crippen LogP contribution in [0.3, 0.4) is 0 Å². The summed E-state index contributed by atoms with van der Waals surface area (Å²) in [6.45, 7) is 3.74. The number of aliphatic hydroxyl groups excluding tert-OH is 1. The minimum atomic E-state index is -0.205. The van der Waals surface area contributed by atoms with Gasteiger partial charge < -0.3 is 15.2 Å². The van der Waals surface area contributed by atoms with Crippen LogP contribution in [0.15, 0.2) is 48.5 Å². The Morgan fingerprint density at radius 1 is 1.26 bits per heavy atom. The van der Waals surface area contributed by atoms with Crippen LogP contribution in [-0.2, 0) is 11.4 Å². The zero-order valence-corrected chi connectivity index (χ0v) is 13.6. The lowest BCUT2D eigenvalue weighted by Gasteiger charge is -2.09. The molecular weight excluding hydrogens is 290 g/mol. The van der Waals surface area contributed by atoms with Crippen molar-refractivity contribution in [3.8, 4) is 5.75 Å². The predicted molar refractivity (Wildman–Crippen MR) is 92.4 cm³/mol. The lowest BCUT2D eigenvalue weighted by molar-refractivity contribution is -0.111. The second kappa shape index (κ2) is 7.61. The predicted octanol–water partition coefficient (Wildman–Crippen LogP) is 3.54. The lowest BCUT2D eigenvalue weighted by atomic mass is 10.1. The van der Waals surface area contributed by atoms with E-state index < -0.39 is 0 Å². The van der Waals surface area contributed by atoms with Gasteiger partial charge in [-0.25, -0.2) is 0 Å². The molecule has 2 N–H and O–H groups in total. The van der Waals surface area contributed by atoms with Crippen molar-refractivity contribution < 1.29 is 14.6 Å². The van der Waals surface area contributed by atoms with Crippen LogP contribution in [0.1, 0.15) is 23.6 Å². The van der Waals surface area contributed by atoms with Crippen LogP contribution in [0.2, 0.25) is 0 Å². The summed E-state index contributed by atoms with van der Waals surface area (Å²) in [6.07, 6.45) is 1.56. The van der Waals surface area contributed by atoms with Crippen LogP contribution in [0, 0.1) is 6.92 Å². The molecule has 0 fully saturated rings. The molecule has 0 saturated heterocycles. The molecular formula is C19H21NO3. The van der Waals surface area contributed by atoms with E-state index in [-0.39, 0.29) is 12.5 Å². The topological polar surface area (TPSA) is 58.6 Å². The number of nitrogens with one attached hydrogen (secondary N) is 1. The lowest BCUT2D eigenvalue weighted by Crippen LogP contribution is -2.10. The van der Waals surface area contributed by atoms with Crippen molar-refractivity contribution >= 4 is 17.2 Å². The zero-order chi connectivity index (χ0) is 16.8. The van der Waals surface area contributed by atoms with E-state index in [2.05, 4.69) is 5.32 Å². The van der Waals surface area contributed by atoms with Gasteiger partial charge in [-0.05, 0) is 54.3 Å².